The summed E-state index contributed by atoms with van der Waals surface area (Å²) < 4.78 is 7.14. The van der Waals surface area contributed by atoms with Crippen molar-refractivity contribution in [2.45, 2.75) is 10.9 Å². The third-order valence-electron chi connectivity index (χ3n) is 7.35. The number of ether oxygens (including phenoxy) is 1. The molecule has 1 spiro atoms. The molecule has 2 unspecified atom stereocenters. The van der Waals surface area contributed by atoms with Crippen LogP contribution in [0, 0.1) is 0 Å². The molecule has 3 N–H and O–H groups in total. The van der Waals surface area contributed by atoms with Gasteiger partial charge in [-0.15, -0.1) is 11.8 Å². The molecule has 40 heavy (non-hydrogen) atoms. The summed E-state index contributed by atoms with van der Waals surface area (Å²) in [4.78, 5) is 25.1. The first-order chi connectivity index (χ1) is 19.5. The summed E-state index contributed by atoms with van der Waals surface area (Å²) in [7, 11) is 0. The van der Waals surface area contributed by atoms with E-state index in [1.165, 1.54) is 16.8 Å². The van der Waals surface area contributed by atoms with Crippen LogP contribution in [0.3, 0.4) is 0 Å². The van der Waals surface area contributed by atoms with Gasteiger partial charge in [0.15, 0.2) is 11.8 Å². The first kappa shape index (κ1) is 25.3. The number of hydrogen-bond donors (Lipinski definition) is 3. The standard InChI is InChI=1S/C29H22BrN5O3S2/c30-21-11-5-3-9-19(21)26-25-18-8-2-1-7-17(18)13-14-23(25)38-16-34(26)32-28(39)33-35-24(36)15-40-29(35)20-10-4-6-12-22(20)31-27(29)37/h1-14,26H,15-16H2,(H,31,37)(H2,32,33,39). The lowest BCUT2D eigenvalue weighted by atomic mass is 9.91. The third kappa shape index (κ3) is 3.87. The number of carbonyl (C=O) groups is 2. The maximum atomic E-state index is 13.3. The molecule has 0 radical (unpaired) electrons. The van der Waals surface area contributed by atoms with Gasteiger partial charge in [-0.3, -0.25) is 20.4 Å². The fourth-order valence-corrected chi connectivity index (χ4v) is 7.59. The Bertz CT molecular complexity index is 1720. The van der Waals surface area contributed by atoms with Gasteiger partial charge in [0.2, 0.25) is 4.87 Å². The van der Waals surface area contributed by atoms with E-state index >= 15 is 0 Å². The molecule has 7 rings (SSSR count). The van der Waals surface area contributed by atoms with Crippen LogP contribution >= 0.6 is 39.9 Å². The number of nitrogens with zero attached hydrogens (tertiary/aromatic N) is 2. The summed E-state index contributed by atoms with van der Waals surface area (Å²) in [5.74, 6) is 0.409. The van der Waals surface area contributed by atoms with Gasteiger partial charge in [0.25, 0.3) is 11.8 Å². The number of benzene rings is 4. The molecule has 0 bridgehead atoms. The number of fused-ring (bicyclic) bond motifs is 5. The number of hydrogen-bond acceptors (Lipinski definition) is 6. The molecule has 2 amide bonds. The Balaban J connectivity index is 1.24. The zero-order chi connectivity index (χ0) is 27.4. The van der Waals surface area contributed by atoms with Crippen LogP contribution < -0.4 is 20.9 Å². The molecule has 0 aliphatic carbocycles. The minimum Gasteiger partial charge on any atom is -0.476 e. The van der Waals surface area contributed by atoms with E-state index in [1.54, 1.807) is 0 Å². The number of nitrogens with one attached hydrogen (secondary N) is 3. The SMILES string of the molecule is O=C1CSC2(C(=O)Nc3ccccc32)N1NC(=S)NN1COc2ccc3ccccc3c2C1c1ccccc1Br. The van der Waals surface area contributed by atoms with Crippen LogP contribution in [-0.4, -0.2) is 39.4 Å². The number of rotatable bonds is 3. The normalized spacial score (nSPS) is 21.6. The Morgan fingerprint density at radius 1 is 1.00 bits per heavy atom. The summed E-state index contributed by atoms with van der Waals surface area (Å²) in [5.41, 5.74) is 9.73. The van der Waals surface area contributed by atoms with Gasteiger partial charge in [-0.2, -0.15) is 5.01 Å². The van der Waals surface area contributed by atoms with Gasteiger partial charge in [0.1, 0.15) is 5.75 Å². The minimum atomic E-state index is -1.25. The Hall–Kier alpha value is -3.64. The summed E-state index contributed by atoms with van der Waals surface area (Å²) in [6.45, 7) is 0.191. The topological polar surface area (TPSA) is 85.9 Å². The number of halogens is 1. The molecule has 1 saturated heterocycles. The van der Waals surface area contributed by atoms with Crippen molar-refractivity contribution < 1.29 is 14.3 Å². The van der Waals surface area contributed by atoms with Crippen molar-refractivity contribution in [3.63, 3.8) is 0 Å². The van der Waals surface area contributed by atoms with Crippen molar-refractivity contribution in [1.29, 1.82) is 0 Å². The smallest absolute Gasteiger partial charge is 0.267 e. The summed E-state index contributed by atoms with van der Waals surface area (Å²) in [6.07, 6.45) is 0. The molecule has 200 valence electrons. The van der Waals surface area contributed by atoms with Crippen LogP contribution in [0.1, 0.15) is 22.7 Å². The summed E-state index contributed by atoms with van der Waals surface area (Å²) in [6, 6.07) is 27.4. The molecule has 3 aliphatic rings. The highest BCUT2D eigenvalue weighted by atomic mass is 79.9. The van der Waals surface area contributed by atoms with E-state index in [0.29, 0.717) is 5.69 Å². The molecule has 4 aromatic carbocycles. The van der Waals surface area contributed by atoms with Crippen molar-refractivity contribution in [2.24, 2.45) is 0 Å². The predicted molar refractivity (Wildman–Crippen MR) is 162 cm³/mol. The van der Waals surface area contributed by atoms with Gasteiger partial charge in [-0.05, 0) is 46.8 Å². The van der Waals surface area contributed by atoms with Crippen LogP contribution in [0.4, 0.5) is 5.69 Å². The molecular formula is C29H22BrN5O3S2. The van der Waals surface area contributed by atoms with Crippen LogP contribution in [0.5, 0.6) is 5.75 Å². The fraction of sp³-hybridized carbons (Fsp3) is 0.138. The lowest BCUT2D eigenvalue weighted by Gasteiger charge is -2.40. The molecule has 0 aromatic heterocycles. The largest absolute Gasteiger partial charge is 0.476 e. The van der Waals surface area contributed by atoms with Crippen molar-refractivity contribution in [3.8, 4) is 5.75 Å². The highest BCUT2D eigenvalue weighted by Crippen LogP contribution is 2.51. The van der Waals surface area contributed by atoms with Gasteiger partial charge in [0, 0.05) is 21.3 Å². The van der Waals surface area contributed by atoms with Gasteiger partial charge in [-0.25, -0.2) is 5.01 Å². The fourth-order valence-electron chi connectivity index (χ4n) is 5.62. The second kappa shape index (κ2) is 9.77. The quantitative estimate of drug-likeness (QED) is 0.272. The second-order valence-electron chi connectivity index (χ2n) is 9.58. The van der Waals surface area contributed by atoms with Crippen molar-refractivity contribution in [2.75, 3.05) is 17.8 Å². The highest BCUT2D eigenvalue weighted by Gasteiger charge is 2.58. The first-order valence-corrected chi connectivity index (χ1v) is 14.8. The van der Waals surface area contributed by atoms with Crippen molar-refractivity contribution in [1.82, 2.24) is 20.9 Å². The number of hydrazine groups is 2. The number of anilines is 1. The first-order valence-electron chi connectivity index (χ1n) is 12.6. The molecule has 4 aromatic rings. The minimum absolute atomic E-state index is 0.142. The van der Waals surface area contributed by atoms with E-state index in [0.717, 1.165) is 37.7 Å². The summed E-state index contributed by atoms with van der Waals surface area (Å²) in [5, 5.41) is 8.47. The number of thioether (sulfide) groups is 1. The monoisotopic (exact) mass is 631 g/mol. The average Bonchev–Trinajstić information content (AvgIpc) is 3.45. The Morgan fingerprint density at radius 3 is 2.65 bits per heavy atom. The van der Waals surface area contributed by atoms with Crippen LogP contribution in [-0.2, 0) is 14.5 Å². The maximum absolute atomic E-state index is 13.3. The van der Waals surface area contributed by atoms with E-state index < -0.39 is 4.87 Å². The molecule has 0 saturated carbocycles. The third-order valence-corrected chi connectivity index (χ3v) is 9.65. The van der Waals surface area contributed by atoms with Gasteiger partial charge >= 0.3 is 0 Å². The Labute approximate surface area is 248 Å². The van der Waals surface area contributed by atoms with Crippen LogP contribution in [0.15, 0.2) is 89.4 Å². The van der Waals surface area contributed by atoms with Gasteiger partial charge < -0.3 is 10.1 Å². The highest BCUT2D eigenvalue weighted by molar-refractivity contribution is 9.10. The zero-order valence-electron chi connectivity index (χ0n) is 20.9. The number of thiocarbonyl (C=S) groups is 1. The lowest BCUT2D eigenvalue weighted by molar-refractivity contribution is -0.138. The van der Waals surface area contributed by atoms with E-state index in [9.17, 15) is 9.59 Å². The molecular weight excluding hydrogens is 610 g/mol. The second-order valence-corrected chi connectivity index (χ2v) is 12.0. The molecule has 2 atom stereocenters. The van der Waals surface area contributed by atoms with Gasteiger partial charge in [-0.1, -0.05) is 82.7 Å². The van der Waals surface area contributed by atoms with E-state index in [-0.39, 0.29) is 35.5 Å². The maximum Gasteiger partial charge on any atom is 0.267 e. The Kier molecular flexibility index (Phi) is 6.19. The van der Waals surface area contributed by atoms with E-state index in [4.69, 9.17) is 17.0 Å². The number of carbonyl (C=O) groups excluding carboxylic acids is 2. The van der Waals surface area contributed by atoms with E-state index in [1.807, 2.05) is 65.7 Å². The van der Waals surface area contributed by atoms with Crippen molar-refractivity contribution in [3.05, 3.63) is 106 Å². The van der Waals surface area contributed by atoms with E-state index in [2.05, 4.69) is 56.4 Å². The number of amides is 2. The van der Waals surface area contributed by atoms with Gasteiger partial charge in [0.05, 0.1) is 11.8 Å². The molecule has 11 heteroatoms. The Morgan fingerprint density at radius 2 is 1.77 bits per heavy atom. The average molecular weight is 633 g/mol. The molecule has 3 heterocycles. The predicted octanol–water partition coefficient (Wildman–Crippen LogP) is 5.02. The molecule has 1 fully saturated rings. The molecule has 8 nitrogen and oxygen atoms in total. The lowest BCUT2D eigenvalue weighted by Crippen LogP contribution is -2.60. The zero-order valence-corrected chi connectivity index (χ0v) is 24.1. The van der Waals surface area contributed by atoms with Crippen LogP contribution in [0.25, 0.3) is 10.8 Å². The number of para-hydroxylation sites is 1. The van der Waals surface area contributed by atoms with Crippen LogP contribution in [0.2, 0.25) is 0 Å². The molecule has 3 aliphatic heterocycles. The summed E-state index contributed by atoms with van der Waals surface area (Å²) >= 11 is 10.8. The van der Waals surface area contributed by atoms with Crippen molar-refractivity contribution >= 4 is 73.3 Å².